The third-order valence-electron chi connectivity index (χ3n) is 4.88. The fraction of sp³-hybridized carbons (Fsp3) is 0.316. The van der Waals surface area contributed by atoms with Gasteiger partial charge in [-0.3, -0.25) is 14.2 Å². The van der Waals surface area contributed by atoms with Crippen LogP contribution in [0.15, 0.2) is 34.7 Å². The minimum atomic E-state index is -4.61. The van der Waals surface area contributed by atoms with Gasteiger partial charge in [-0.05, 0) is 30.5 Å². The van der Waals surface area contributed by atoms with Crippen molar-refractivity contribution in [1.29, 1.82) is 0 Å². The summed E-state index contributed by atoms with van der Waals surface area (Å²) in [6.07, 6.45) is -1.44. The minimum Gasteiger partial charge on any atom is -0.341 e. The van der Waals surface area contributed by atoms with E-state index in [1.807, 2.05) is 0 Å². The molecule has 1 amide bonds. The number of carbonyl (C=O) groups is 1. The van der Waals surface area contributed by atoms with Crippen LogP contribution in [-0.4, -0.2) is 33.4 Å². The summed E-state index contributed by atoms with van der Waals surface area (Å²) in [7, 11) is 0. The number of rotatable bonds is 3. The maximum atomic E-state index is 13.2. The molecule has 0 bridgehead atoms. The SMILES string of the molecule is O=C(Cn1cnc2csc(-c3ccc(Cl)c(C(F)(F)F)c3)c2c1=O)N1CCCC1. The largest absolute Gasteiger partial charge is 0.417 e. The van der Waals surface area contributed by atoms with Crippen molar-refractivity contribution in [3.8, 4) is 10.4 Å². The molecule has 152 valence electrons. The van der Waals surface area contributed by atoms with Gasteiger partial charge >= 0.3 is 6.18 Å². The molecule has 1 aliphatic rings. The Morgan fingerprint density at radius 3 is 2.66 bits per heavy atom. The average Bonchev–Trinajstić information content (AvgIpc) is 3.33. The van der Waals surface area contributed by atoms with Crippen molar-refractivity contribution in [3.05, 3.63) is 50.8 Å². The quantitative estimate of drug-likeness (QED) is 0.604. The van der Waals surface area contributed by atoms with E-state index in [4.69, 9.17) is 11.6 Å². The first-order chi connectivity index (χ1) is 13.8. The molecule has 0 saturated carbocycles. The number of aromatic nitrogens is 2. The lowest BCUT2D eigenvalue weighted by molar-refractivity contribution is -0.137. The third-order valence-corrected chi connectivity index (χ3v) is 6.23. The Morgan fingerprint density at radius 1 is 1.24 bits per heavy atom. The summed E-state index contributed by atoms with van der Waals surface area (Å²) in [6.45, 7) is 1.18. The minimum absolute atomic E-state index is 0.147. The summed E-state index contributed by atoms with van der Waals surface area (Å²) < 4.78 is 40.9. The van der Waals surface area contributed by atoms with Crippen LogP contribution in [0.4, 0.5) is 13.2 Å². The number of alkyl halides is 3. The van der Waals surface area contributed by atoms with Crippen molar-refractivity contribution in [2.75, 3.05) is 13.1 Å². The van der Waals surface area contributed by atoms with Crippen LogP contribution in [0.3, 0.4) is 0 Å². The smallest absolute Gasteiger partial charge is 0.341 e. The van der Waals surface area contributed by atoms with E-state index in [1.165, 1.54) is 17.0 Å². The average molecular weight is 442 g/mol. The van der Waals surface area contributed by atoms with Crippen molar-refractivity contribution >= 4 is 39.7 Å². The third kappa shape index (κ3) is 3.76. The summed E-state index contributed by atoms with van der Waals surface area (Å²) in [5, 5.41) is 1.40. The standard InChI is InChI=1S/C19H15ClF3N3O2S/c20-13-4-3-11(7-12(13)19(21,22)23)17-16-14(9-29-17)24-10-26(18(16)28)8-15(27)25-5-1-2-6-25/h3-4,7,9-10H,1-2,5-6,8H2. The second-order valence-corrected chi connectivity index (χ2v) is 8.07. The summed E-state index contributed by atoms with van der Waals surface area (Å²) in [5.41, 5.74) is -0.818. The molecule has 0 N–H and O–H groups in total. The zero-order chi connectivity index (χ0) is 20.8. The van der Waals surface area contributed by atoms with E-state index in [0.29, 0.717) is 23.5 Å². The number of nitrogens with zero attached hydrogens (tertiary/aromatic N) is 3. The van der Waals surface area contributed by atoms with Crippen molar-refractivity contribution < 1.29 is 18.0 Å². The first-order valence-electron chi connectivity index (χ1n) is 8.87. The number of amides is 1. The number of benzene rings is 1. The van der Waals surface area contributed by atoms with Gasteiger partial charge in [0.05, 0.1) is 27.8 Å². The molecule has 0 atom stereocenters. The molecule has 3 aromatic rings. The predicted molar refractivity (Wildman–Crippen MR) is 105 cm³/mol. The van der Waals surface area contributed by atoms with Gasteiger partial charge in [0.25, 0.3) is 5.56 Å². The lowest BCUT2D eigenvalue weighted by Gasteiger charge is -2.15. The van der Waals surface area contributed by atoms with Crippen LogP contribution in [0.2, 0.25) is 5.02 Å². The van der Waals surface area contributed by atoms with Crippen molar-refractivity contribution in [2.45, 2.75) is 25.6 Å². The number of hydrogen-bond donors (Lipinski definition) is 0. The van der Waals surface area contributed by atoms with Gasteiger partial charge in [0, 0.05) is 23.3 Å². The van der Waals surface area contributed by atoms with Gasteiger partial charge in [0.1, 0.15) is 6.54 Å². The van der Waals surface area contributed by atoms with Crippen LogP contribution >= 0.6 is 22.9 Å². The highest BCUT2D eigenvalue weighted by molar-refractivity contribution is 7.15. The van der Waals surface area contributed by atoms with Gasteiger partial charge in [0.2, 0.25) is 5.91 Å². The molecule has 2 aromatic heterocycles. The maximum absolute atomic E-state index is 13.2. The summed E-state index contributed by atoms with van der Waals surface area (Å²) >= 11 is 6.83. The van der Waals surface area contributed by atoms with Gasteiger partial charge in [-0.15, -0.1) is 11.3 Å². The van der Waals surface area contributed by atoms with E-state index in [9.17, 15) is 22.8 Å². The number of thiophene rings is 1. The normalized spacial score (nSPS) is 14.7. The van der Waals surface area contributed by atoms with Gasteiger partial charge in [0.15, 0.2) is 0 Å². The lowest BCUT2D eigenvalue weighted by atomic mass is 10.1. The second-order valence-electron chi connectivity index (χ2n) is 6.78. The van der Waals surface area contributed by atoms with E-state index in [2.05, 4.69) is 4.98 Å². The highest BCUT2D eigenvalue weighted by atomic mass is 35.5. The van der Waals surface area contributed by atoms with E-state index >= 15 is 0 Å². The second kappa shape index (κ2) is 7.46. The van der Waals surface area contributed by atoms with Gasteiger partial charge in [-0.2, -0.15) is 13.2 Å². The number of likely N-dealkylation sites (tertiary alicyclic amines) is 1. The molecule has 0 unspecified atom stereocenters. The van der Waals surface area contributed by atoms with Gasteiger partial charge in [-0.1, -0.05) is 17.7 Å². The van der Waals surface area contributed by atoms with Crippen LogP contribution in [-0.2, 0) is 17.5 Å². The van der Waals surface area contributed by atoms with E-state index in [1.54, 1.807) is 10.3 Å². The molecule has 3 heterocycles. The van der Waals surface area contributed by atoms with E-state index in [-0.39, 0.29) is 23.4 Å². The highest BCUT2D eigenvalue weighted by Crippen LogP contribution is 2.39. The monoisotopic (exact) mass is 441 g/mol. The Labute approximate surface area is 172 Å². The summed E-state index contributed by atoms with van der Waals surface area (Å²) in [5.74, 6) is -0.173. The highest BCUT2D eigenvalue weighted by Gasteiger charge is 2.33. The maximum Gasteiger partial charge on any atom is 0.417 e. The molecule has 1 aromatic carbocycles. The van der Waals surface area contributed by atoms with Crippen molar-refractivity contribution in [2.24, 2.45) is 0 Å². The molecule has 1 aliphatic heterocycles. The molecule has 4 rings (SSSR count). The molecule has 0 radical (unpaired) electrons. The molecular weight excluding hydrogens is 427 g/mol. The Kier molecular flexibility index (Phi) is 5.12. The summed E-state index contributed by atoms with van der Waals surface area (Å²) in [4.78, 5) is 31.7. The predicted octanol–water partition coefficient (Wildman–Crippen LogP) is 4.42. The molecular formula is C19H15ClF3N3O2S. The van der Waals surface area contributed by atoms with Crippen LogP contribution < -0.4 is 5.56 Å². The first-order valence-corrected chi connectivity index (χ1v) is 10.1. The fourth-order valence-electron chi connectivity index (χ4n) is 3.40. The van der Waals surface area contributed by atoms with E-state index < -0.39 is 22.3 Å². The van der Waals surface area contributed by atoms with Crippen LogP contribution in [0.5, 0.6) is 0 Å². The van der Waals surface area contributed by atoms with Crippen LogP contribution in [0.1, 0.15) is 18.4 Å². The van der Waals surface area contributed by atoms with Crippen LogP contribution in [0, 0.1) is 0 Å². The Balaban J connectivity index is 1.77. The zero-order valence-electron chi connectivity index (χ0n) is 15.0. The van der Waals surface area contributed by atoms with E-state index in [0.717, 1.165) is 36.3 Å². The number of fused-ring (bicyclic) bond motifs is 1. The fourth-order valence-corrected chi connectivity index (χ4v) is 4.61. The molecule has 29 heavy (non-hydrogen) atoms. The molecule has 1 saturated heterocycles. The molecule has 5 nitrogen and oxygen atoms in total. The Morgan fingerprint density at radius 2 is 1.97 bits per heavy atom. The van der Waals surface area contributed by atoms with Crippen molar-refractivity contribution in [3.63, 3.8) is 0 Å². The molecule has 10 heteroatoms. The van der Waals surface area contributed by atoms with Crippen LogP contribution in [0.25, 0.3) is 21.3 Å². The van der Waals surface area contributed by atoms with Gasteiger partial charge < -0.3 is 4.90 Å². The van der Waals surface area contributed by atoms with Crippen molar-refractivity contribution in [1.82, 2.24) is 14.5 Å². The first kappa shape index (κ1) is 19.9. The number of hydrogen-bond acceptors (Lipinski definition) is 4. The number of halogens is 4. The Hall–Kier alpha value is -2.39. The zero-order valence-corrected chi connectivity index (χ0v) is 16.6. The Bertz CT molecular complexity index is 1150. The topological polar surface area (TPSA) is 55.2 Å². The molecule has 0 aliphatic carbocycles. The van der Waals surface area contributed by atoms with Gasteiger partial charge in [-0.25, -0.2) is 4.98 Å². The summed E-state index contributed by atoms with van der Waals surface area (Å²) in [6, 6.07) is 3.53. The lowest BCUT2D eigenvalue weighted by Crippen LogP contribution is -2.34. The molecule has 1 fully saturated rings. The number of carbonyl (C=O) groups excluding carboxylic acids is 1. The molecule has 0 spiro atoms.